The van der Waals surface area contributed by atoms with Gasteiger partial charge in [0.1, 0.15) is 5.82 Å². The van der Waals surface area contributed by atoms with Gasteiger partial charge in [-0.3, -0.25) is 4.79 Å². The summed E-state index contributed by atoms with van der Waals surface area (Å²) in [6.45, 7) is 1.43. The zero-order valence-electron chi connectivity index (χ0n) is 14.6. The molecule has 0 aromatic heterocycles. The summed E-state index contributed by atoms with van der Waals surface area (Å²) in [7, 11) is 0. The molecule has 1 amide bonds. The molecule has 0 spiro atoms. The molecule has 2 aromatic rings. The van der Waals surface area contributed by atoms with Gasteiger partial charge in [0.15, 0.2) is 6.10 Å². The van der Waals surface area contributed by atoms with E-state index in [2.05, 4.69) is 5.32 Å². The van der Waals surface area contributed by atoms with Crippen LogP contribution in [0.25, 0.3) is 0 Å². The van der Waals surface area contributed by atoms with Crippen LogP contribution in [0.3, 0.4) is 0 Å². The fourth-order valence-electron chi connectivity index (χ4n) is 3.37. The molecular formula is C20H20Cl2FNO3. The Bertz CT molecular complexity index is 825. The average Bonchev–Trinajstić information content (AvgIpc) is 2.66. The van der Waals surface area contributed by atoms with E-state index in [4.69, 9.17) is 27.9 Å². The zero-order chi connectivity index (χ0) is 19.4. The van der Waals surface area contributed by atoms with E-state index in [0.29, 0.717) is 37.6 Å². The number of amides is 1. The van der Waals surface area contributed by atoms with E-state index >= 15 is 0 Å². The first-order valence-corrected chi connectivity index (χ1v) is 9.41. The van der Waals surface area contributed by atoms with Crippen LogP contribution in [-0.2, 0) is 14.9 Å². The largest absolute Gasteiger partial charge is 0.381 e. The topological polar surface area (TPSA) is 58.6 Å². The molecule has 1 unspecified atom stereocenters. The number of carbonyl (C=O) groups is 1. The summed E-state index contributed by atoms with van der Waals surface area (Å²) in [6.07, 6.45) is -0.198. The van der Waals surface area contributed by atoms with Crippen molar-refractivity contribution < 1.29 is 19.0 Å². The van der Waals surface area contributed by atoms with Crippen molar-refractivity contribution in [3.05, 3.63) is 69.5 Å². The van der Waals surface area contributed by atoms with Gasteiger partial charge >= 0.3 is 0 Å². The molecule has 1 saturated heterocycles. The number of aliphatic hydroxyl groups is 1. The van der Waals surface area contributed by atoms with E-state index < -0.39 is 17.8 Å². The van der Waals surface area contributed by atoms with E-state index in [1.165, 1.54) is 12.1 Å². The van der Waals surface area contributed by atoms with Crippen LogP contribution in [0.2, 0.25) is 10.0 Å². The van der Waals surface area contributed by atoms with Crippen LogP contribution in [-0.4, -0.2) is 30.8 Å². The zero-order valence-corrected chi connectivity index (χ0v) is 16.1. The molecule has 1 aliphatic heterocycles. The molecule has 144 valence electrons. The summed E-state index contributed by atoms with van der Waals surface area (Å²) < 4.78 is 19.5. The number of halogens is 3. The maximum atomic E-state index is 14.0. The summed E-state index contributed by atoms with van der Waals surface area (Å²) in [5.41, 5.74) is 0.545. The van der Waals surface area contributed by atoms with E-state index in [1.807, 2.05) is 18.2 Å². The van der Waals surface area contributed by atoms with E-state index in [0.717, 1.165) is 11.6 Å². The van der Waals surface area contributed by atoms with Gasteiger partial charge in [0.25, 0.3) is 5.91 Å². The van der Waals surface area contributed by atoms with E-state index in [-0.39, 0.29) is 16.0 Å². The molecule has 27 heavy (non-hydrogen) atoms. The summed E-state index contributed by atoms with van der Waals surface area (Å²) in [4.78, 5) is 12.4. The lowest BCUT2D eigenvalue weighted by atomic mass is 9.74. The van der Waals surface area contributed by atoms with Gasteiger partial charge in [0.05, 0.1) is 0 Å². The highest BCUT2D eigenvalue weighted by Gasteiger charge is 2.35. The molecule has 1 heterocycles. The first-order valence-electron chi connectivity index (χ1n) is 8.66. The Hall–Kier alpha value is -1.66. The van der Waals surface area contributed by atoms with Gasteiger partial charge < -0.3 is 15.2 Å². The molecule has 3 rings (SSSR count). The number of carbonyl (C=O) groups excluding carboxylic acids is 1. The maximum absolute atomic E-state index is 14.0. The Balaban J connectivity index is 1.76. The number of aliphatic hydroxyl groups excluding tert-OH is 1. The number of hydrogen-bond acceptors (Lipinski definition) is 3. The predicted molar refractivity (Wildman–Crippen MR) is 103 cm³/mol. The smallest absolute Gasteiger partial charge is 0.253 e. The highest BCUT2D eigenvalue weighted by molar-refractivity contribution is 6.30. The van der Waals surface area contributed by atoms with Crippen molar-refractivity contribution in [3.8, 4) is 0 Å². The van der Waals surface area contributed by atoms with Crippen molar-refractivity contribution in [3.63, 3.8) is 0 Å². The molecule has 0 radical (unpaired) electrons. The third-order valence-electron chi connectivity index (χ3n) is 4.99. The quantitative estimate of drug-likeness (QED) is 0.780. The van der Waals surface area contributed by atoms with E-state index in [1.54, 1.807) is 6.07 Å². The van der Waals surface area contributed by atoms with Gasteiger partial charge in [-0.2, -0.15) is 0 Å². The van der Waals surface area contributed by atoms with Gasteiger partial charge in [-0.05, 0) is 42.7 Å². The monoisotopic (exact) mass is 411 g/mol. The van der Waals surface area contributed by atoms with E-state index in [9.17, 15) is 14.3 Å². The van der Waals surface area contributed by atoms with Crippen molar-refractivity contribution in [1.82, 2.24) is 5.32 Å². The van der Waals surface area contributed by atoms with Crippen molar-refractivity contribution in [2.45, 2.75) is 24.4 Å². The van der Waals surface area contributed by atoms with Crippen LogP contribution in [0.5, 0.6) is 0 Å². The Labute approximate surface area is 167 Å². The third kappa shape index (κ3) is 4.61. The van der Waals surface area contributed by atoms with Crippen LogP contribution in [0.1, 0.15) is 30.1 Å². The second-order valence-electron chi connectivity index (χ2n) is 6.69. The Morgan fingerprint density at radius 2 is 1.89 bits per heavy atom. The highest BCUT2D eigenvalue weighted by atomic mass is 35.5. The Kier molecular flexibility index (Phi) is 6.37. The van der Waals surface area contributed by atoms with Gasteiger partial charge in [-0.15, -0.1) is 0 Å². The molecule has 1 atom stereocenters. The number of rotatable bonds is 5. The molecule has 1 aliphatic rings. The Morgan fingerprint density at radius 1 is 1.19 bits per heavy atom. The molecule has 0 saturated carbocycles. The molecular weight excluding hydrogens is 392 g/mol. The summed E-state index contributed by atoms with van der Waals surface area (Å²) in [5, 5.41) is 13.8. The van der Waals surface area contributed by atoms with Gasteiger partial charge in [-0.25, -0.2) is 4.39 Å². The van der Waals surface area contributed by atoms with Crippen LogP contribution in [0.4, 0.5) is 4.39 Å². The number of benzene rings is 2. The van der Waals surface area contributed by atoms with Gasteiger partial charge in [-0.1, -0.05) is 41.4 Å². The summed E-state index contributed by atoms with van der Waals surface area (Å²) in [6, 6.07) is 11.3. The fourth-order valence-corrected chi connectivity index (χ4v) is 3.71. The van der Waals surface area contributed by atoms with Crippen LogP contribution < -0.4 is 5.32 Å². The highest BCUT2D eigenvalue weighted by Crippen LogP contribution is 2.35. The van der Waals surface area contributed by atoms with Crippen LogP contribution >= 0.6 is 23.2 Å². The summed E-state index contributed by atoms with van der Waals surface area (Å²) in [5.74, 6) is -1.38. The SMILES string of the molecule is O=C(NCC1(c2cccc(Cl)c2)CCOCC1)C(O)c1ccc(Cl)cc1F. The van der Waals surface area contributed by atoms with Crippen LogP contribution in [0.15, 0.2) is 42.5 Å². The standard InChI is InChI=1S/C20H20Cl2FNO3/c21-14-3-1-2-13(10-14)20(6-8-27-9-7-20)12-24-19(26)18(25)16-5-4-15(22)11-17(16)23/h1-5,10-11,18,25H,6-9,12H2,(H,24,26). The maximum Gasteiger partial charge on any atom is 0.253 e. The minimum absolute atomic E-state index is 0.110. The van der Waals surface area contributed by atoms with Crippen molar-refractivity contribution >= 4 is 29.1 Å². The first kappa shape index (κ1) is 20.1. The average molecular weight is 412 g/mol. The molecule has 7 heteroatoms. The van der Waals surface area contributed by atoms with Crippen molar-refractivity contribution in [2.75, 3.05) is 19.8 Å². The lowest BCUT2D eigenvalue weighted by Crippen LogP contribution is -2.45. The number of nitrogens with one attached hydrogen (secondary N) is 1. The molecule has 0 aliphatic carbocycles. The van der Waals surface area contributed by atoms with Gasteiger partial charge in [0, 0.05) is 40.8 Å². The first-order chi connectivity index (χ1) is 12.9. The van der Waals surface area contributed by atoms with Crippen LogP contribution in [0, 0.1) is 5.82 Å². The van der Waals surface area contributed by atoms with Crippen molar-refractivity contribution in [1.29, 1.82) is 0 Å². The summed E-state index contributed by atoms with van der Waals surface area (Å²) >= 11 is 11.9. The Morgan fingerprint density at radius 3 is 2.56 bits per heavy atom. The minimum Gasteiger partial charge on any atom is -0.381 e. The molecule has 0 bridgehead atoms. The van der Waals surface area contributed by atoms with Gasteiger partial charge in [0.2, 0.25) is 0 Å². The number of hydrogen-bond donors (Lipinski definition) is 2. The second kappa shape index (κ2) is 8.57. The fraction of sp³-hybridized carbons (Fsp3) is 0.350. The third-order valence-corrected chi connectivity index (χ3v) is 5.46. The molecule has 2 N–H and O–H groups in total. The minimum atomic E-state index is -1.61. The lowest BCUT2D eigenvalue weighted by molar-refractivity contribution is -0.130. The second-order valence-corrected chi connectivity index (χ2v) is 7.56. The molecule has 4 nitrogen and oxygen atoms in total. The molecule has 2 aromatic carbocycles. The van der Waals surface area contributed by atoms with Crippen molar-refractivity contribution in [2.24, 2.45) is 0 Å². The normalized spacial score (nSPS) is 17.3. The molecule has 1 fully saturated rings. The lowest BCUT2D eigenvalue weighted by Gasteiger charge is -2.38. The predicted octanol–water partition coefficient (Wildman–Crippen LogP) is 4.03. The number of ether oxygens (including phenoxy) is 1.